The van der Waals surface area contributed by atoms with Crippen molar-refractivity contribution in [2.75, 3.05) is 17.6 Å². The summed E-state index contributed by atoms with van der Waals surface area (Å²) in [5.74, 6) is 0.825. The first-order valence-electron chi connectivity index (χ1n) is 7.67. The number of hydrogen-bond acceptors (Lipinski definition) is 4. The molecule has 0 saturated carbocycles. The zero-order valence-corrected chi connectivity index (χ0v) is 13.1. The van der Waals surface area contributed by atoms with Gasteiger partial charge in [-0.05, 0) is 30.2 Å². The minimum Gasteiger partial charge on any atom is -0.454 e. The Bertz CT molecular complexity index is 809. The van der Waals surface area contributed by atoms with E-state index >= 15 is 0 Å². The van der Waals surface area contributed by atoms with Crippen LogP contribution >= 0.6 is 0 Å². The third kappa shape index (κ3) is 4.23. The van der Waals surface area contributed by atoms with Crippen molar-refractivity contribution < 1.29 is 9.13 Å². The monoisotopic (exact) mass is 323 g/mol. The van der Waals surface area contributed by atoms with Crippen LogP contribution in [0.2, 0.25) is 0 Å². The van der Waals surface area contributed by atoms with Crippen LogP contribution < -0.4 is 15.8 Å². The van der Waals surface area contributed by atoms with Gasteiger partial charge in [0.1, 0.15) is 11.6 Å². The zero-order valence-electron chi connectivity index (χ0n) is 13.1. The highest BCUT2D eigenvalue weighted by Crippen LogP contribution is 2.26. The minimum atomic E-state index is -0.495. The van der Waals surface area contributed by atoms with Gasteiger partial charge in [0, 0.05) is 30.6 Å². The fraction of sp³-hybridized carbons (Fsp3) is 0.105. The van der Waals surface area contributed by atoms with Gasteiger partial charge in [-0.15, -0.1) is 0 Å². The lowest BCUT2D eigenvalue weighted by Gasteiger charge is -2.10. The number of aromatic nitrogens is 1. The van der Waals surface area contributed by atoms with Gasteiger partial charge in [-0.2, -0.15) is 0 Å². The van der Waals surface area contributed by atoms with E-state index in [4.69, 9.17) is 10.5 Å². The van der Waals surface area contributed by atoms with E-state index in [9.17, 15) is 4.39 Å². The van der Waals surface area contributed by atoms with Crippen molar-refractivity contribution in [2.24, 2.45) is 0 Å². The second kappa shape index (κ2) is 7.46. The zero-order chi connectivity index (χ0) is 16.8. The van der Waals surface area contributed by atoms with E-state index < -0.39 is 5.82 Å². The Hall–Kier alpha value is -3.08. The first-order valence-corrected chi connectivity index (χ1v) is 7.67. The second-order valence-electron chi connectivity index (χ2n) is 5.33. The van der Waals surface area contributed by atoms with E-state index in [1.165, 1.54) is 17.7 Å². The molecule has 3 aromatic rings. The number of nitrogens with two attached hydrogens (primary N) is 1. The number of pyridine rings is 1. The van der Waals surface area contributed by atoms with E-state index in [1.54, 1.807) is 24.4 Å². The van der Waals surface area contributed by atoms with Crippen LogP contribution in [-0.4, -0.2) is 11.5 Å². The molecule has 3 rings (SSSR count). The van der Waals surface area contributed by atoms with Crippen molar-refractivity contribution in [3.63, 3.8) is 0 Å². The summed E-state index contributed by atoms with van der Waals surface area (Å²) >= 11 is 0. The smallest absolute Gasteiger partial charge is 0.167 e. The van der Waals surface area contributed by atoms with Gasteiger partial charge < -0.3 is 15.8 Å². The number of nitrogens with zero attached hydrogens (tertiary/aromatic N) is 1. The van der Waals surface area contributed by atoms with E-state index in [-0.39, 0.29) is 5.75 Å². The highest BCUT2D eigenvalue weighted by atomic mass is 19.1. The molecule has 0 aliphatic heterocycles. The number of benzene rings is 2. The molecule has 0 amide bonds. The van der Waals surface area contributed by atoms with Gasteiger partial charge in [-0.3, -0.25) is 0 Å². The van der Waals surface area contributed by atoms with Gasteiger partial charge in [0.15, 0.2) is 11.6 Å². The van der Waals surface area contributed by atoms with Crippen molar-refractivity contribution >= 4 is 11.5 Å². The molecule has 0 bridgehead atoms. The maximum atomic E-state index is 13.8. The Balaban J connectivity index is 1.61. The molecule has 0 spiro atoms. The third-order valence-corrected chi connectivity index (χ3v) is 3.48. The predicted octanol–water partition coefficient (Wildman–Crippen LogP) is 4.25. The average Bonchev–Trinajstić information content (AvgIpc) is 2.59. The number of nitrogens with one attached hydrogen (secondary N) is 1. The van der Waals surface area contributed by atoms with Crippen molar-refractivity contribution in [2.45, 2.75) is 6.42 Å². The normalized spacial score (nSPS) is 10.4. The Kier molecular flexibility index (Phi) is 4.91. The Morgan fingerprint density at radius 3 is 2.67 bits per heavy atom. The Morgan fingerprint density at radius 1 is 1.04 bits per heavy atom. The molecule has 4 nitrogen and oxygen atoms in total. The lowest BCUT2D eigenvalue weighted by atomic mass is 10.1. The number of ether oxygens (including phenoxy) is 1. The summed E-state index contributed by atoms with van der Waals surface area (Å²) in [7, 11) is 0. The van der Waals surface area contributed by atoms with E-state index in [1.807, 2.05) is 18.2 Å². The molecule has 1 aromatic heterocycles. The molecular formula is C19H18FN3O. The summed E-state index contributed by atoms with van der Waals surface area (Å²) in [6.07, 6.45) is 2.51. The number of anilines is 2. The Labute approximate surface area is 140 Å². The van der Waals surface area contributed by atoms with Crippen molar-refractivity contribution in [1.82, 2.24) is 4.98 Å². The van der Waals surface area contributed by atoms with Crippen LogP contribution in [0, 0.1) is 5.82 Å². The van der Waals surface area contributed by atoms with Gasteiger partial charge in [-0.25, -0.2) is 9.37 Å². The molecule has 3 N–H and O–H groups in total. The highest BCUT2D eigenvalue weighted by molar-refractivity contribution is 5.46. The molecule has 5 heteroatoms. The largest absolute Gasteiger partial charge is 0.454 e. The molecule has 0 atom stereocenters. The second-order valence-corrected chi connectivity index (χ2v) is 5.33. The van der Waals surface area contributed by atoms with Gasteiger partial charge in [0.05, 0.1) is 0 Å². The summed E-state index contributed by atoms with van der Waals surface area (Å²) in [5, 5.41) is 3.24. The highest BCUT2D eigenvalue weighted by Gasteiger charge is 2.06. The molecule has 0 aliphatic carbocycles. The van der Waals surface area contributed by atoms with E-state index in [2.05, 4.69) is 22.4 Å². The first-order chi connectivity index (χ1) is 11.7. The molecule has 0 fully saturated rings. The molecule has 1 heterocycles. The molecule has 122 valence electrons. The fourth-order valence-electron chi connectivity index (χ4n) is 2.28. The summed E-state index contributed by atoms with van der Waals surface area (Å²) < 4.78 is 19.3. The third-order valence-electron chi connectivity index (χ3n) is 3.48. The quantitative estimate of drug-likeness (QED) is 0.666. The van der Waals surface area contributed by atoms with E-state index in [0.717, 1.165) is 13.0 Å². The van der Waals surface area contributed by atoms with Gasteiger partial charge in [-0.1, -0.05) is 30.3 Å². The van der Waals surface area contributed by atoms with Crippen LogP contribution in [-0.2, 0) is 6.42 Å². The standard InChI is InChI=1S/C19H18FN3O/c20-17-12-15(21)6-7-18(17)24-16-9-11-23-19(13-16)22-10-8-14-4-2-1-3-5-14/h1-7,9,11-13H,8,10,21H2,(H,22,23). The number of nitrogen functional groups attached to an aromatic ring is 1. The SMILES string of the molecule is Nc1ccc(Oc2ccnc(NCCc3ccccc3)c2)c(F)c1. The molecule has 2 aromatic carbocycles. The molecule has 0 unspecified atom stereocenters. The summed E-state index contributed by atoms with van der Waals surface area (Å²) in [6.45, 7) is 0.747. The Morgan fingerprint density at radius 2 is 1.88 bits per heavy atom. The van der Waals surface area contributed by atoms with Crippen LogP contribution in [0.4, 0.5) is 15.9 Å². The molecular weight excluding hydrogens is 305 g/mol. The summed E-state index contributed by atoms with van der Waals surface area (Å²) in [6, 6.07) is 17.9. The fourth-order valence-corrected chi connectivity index (χ4v) is 2.28. The van der Waals surface area contributed by atoms with Crippen LogP contribution in [0.25, 0.3) is 0 Å². The van der Waals surface area contributed by atoms with E-state index in [0.29, 0.717) is 17.3 Å². The predicted molar refractivity (Wildman–Crippen MR) is 93.8 cm³/mol. The lowest BCUT2D eigenvalue weighted by molar-refractivity contribution is 0.442. The maximum Gasteiger partial charge on any atom is 0.167 e. The van der Waals surface area contributed by atoms with Crippen molar-refractivity contribution in [3.8, 4) is 11.5 Å². The molecule has 0 saturated heterocycles. The number of halogens is 1. The van der Waals surface area contributed by atoms with Gasteiger partial charge >= 0.3 is 0 Å². The molecule has 0 radical (unpaired) electrons. The van der Waals surface area contributed by atoms with Crippen LogP contribution in [0.1, 0.15) is 5.56 Å². The van der Waals surface area contributed by atoms with Crippen LogP contribution in [0.5, 0.6) is 11.5 Å². The van der Waals surface area contributed by atoms with Crippen LogP contribution in [0.3, 0.4) is 0 Å². The summed E-state index contributed by atoms with van der Waals surface area (Å²) in [5.41, 5.74) is 7.14. The van der Waals surface area contributed by atoms with Crippen LogP contribution in [0.15, 0.2) is 66.9 Å². The molecule has 24 heavy (non-hydrogen) atoms. The van der Waals surface area contributed by atoms with Crippen molar-refractivity contribution in [1.29, 1.82) is 0 Å². The number of rotatable bonds is 6. The maximum absolute atomic E-state index is 13.8. The van der Waals surface area contributed by atoms with Gasteiger partial charge in [0.25, 0.3) is 0 Å². The number of hydrogen-bond donors (Lipinski definition) is 2. The topological polar surface area (TPSA) is 60.2 Å². The van der Waals surface area contributed by atoms with Gasteiger partial charge in [0.2, 0.25) is 0 Å². The summed E-state index contributed by atoms with van der Waals surface area (Å²) in [4.78, 5) is 4.24. The average molecular weight is 323 g/mol. The first kappa shape index (κ1) is 15.8. The minimum absolute atomic E-state index is 0.130. The lowest BCUT2D eigenvalue weighted by Crippen LogP contribution is -2.06. The van der Waals surface area contributed by atoms with Crippen molar-refractivity contribution in [3.05, 3.63) is 78.2 Å². The molecule has 0 aliphatic rings.